The quantitative estimate of drug-likeness (QED) is 0.909. The number of hydrogen-bond acceptors (Lipinski definition) is 4. The summed E-state index contributed by atoms with van der Waals surface area (Å²) in [5.41, 5.74) is 2.14. The van der Waals surface area contributed by atoms with E-state index in [0.29, 0.717) is 11.8 Å². The Bertz CT molecular complexity index is 573. The van der Waals surface area contributed by atoms with Gasteiger partial charge in [0.05, 0.1) is 5.69 Å². The molecule has 1 saturated heterocycles. The van der Waals surface area contributed by atoms with E-state index in [2.05, 4.69) is 21.7 Å². The van der Waals surface area contributed by atoms with Gasteiger partial charge in [-0.25, -0.2) is 0 Å². The van der Waals surface area contributed by atoms with E-state index in [0.717, 1.165) is 25.3 Å². The van der Waals surface area contributed by atoms with Gasteiger partial charge in [-0.2, -0.15) is 0 Å². The zero-order valence-corrected chi connectivity index (χ0v) is 11.6. The number of aromatic hydroxyl groups is 1. The van der Waals surface area contributed by atoms with E-state index in [9.17, 15) is 5.11 Å². The molecule has 20 heavy (non-hydrogen) atoms. The van der Waals surface area contributed by atoms with Crippen LogP contribution in [0, 0.1) is 0 Å². The van der Waals surface area contributed by atoms with Gasteiger partial charge in [-0.15, -0.1) is 0 Å². The summed E-state index contributed by atoms with van der Waals surface area (Å²) in [4.78, 5) is 8.70. The molecule has 2 aromatic rings. The Morgan fingerprint density at radius 3 is 2.55 bits per heavy atom. The van der Waals surface area contributed by atoms with Gasteiger partial charge < -0.3 is 14.9 Å². The summed E-state index contributed by atoms with van der Waals surface area (Å²) >= 11 is 0. The Hall–Kier alpha value is -2.23. The third-order valence-electron chi connectivity index (χ3n) is 3.85. The second kappa shape index (κ2) is 5.41. The van der Waals surface area contributed by atoms with Crippen molar-refractivity contribution in [2.45, 2.75) is 13.0 Å². The van der Waals surface area contributed by atoms with Crippen molar-refractivity contribution >= 4 is 11.4 Å². The third kappa shape index (κ3) is 2.41. The smallest absolute Gasteiger partial charge is 0.138 e. The van der Waals surface area contributed by atoms with Crippen molar-refractivity contribution in [3.63, 3.8) is 0 Å². The van der Waals surface area contributed by atoms with Crippen molar-refractivity contribution in [2.24, 2.45) is 0 Å². The van der Waals surface area contributed by atoms with Gasteiger partial charge in [0.25, 0.3) is 0 Å². The molecule has 1 aliphatic rings. The Kier molecular flexibility index (Phi) is 3.46. The number of phenols is 1. The minimum absolute atomic E-state index is 0.352. The first kappa shape index (κ1) is 12.8. The molecule has 2 heterocycles. The van der Waals surface area contributed by atoms with Gasteiger partial charge in [0.2, 0.25) is 0 Å². The molecule has 0 aliphatic carbocycles. The average Bonchev–Trinajstić information content (AvgIpc) is 2.49. The summed E-state index contributed by atoms with van der Waals surface area (Å²) in [7, 11) is 0. The predicted molar refractivity (Wildman–Crippen MR) is 81.4 cm³/mol. The average molecular weight is 269 g/mol. The topological polar surface area (TPSA) is 39.6 Å². The highest BCUT2D eigenvalue weighted by Gasteiger charge is 2.25. The summed E-state index contributed by atoms with van der Waals surface area (Å²) in [6.45, 7) is 4.99. The number of pyridine rings is 1. The minimum Gasteiger partial charge on any atom is -0.506 e. The molecule has 0 radical (unpaired) electrons. The van der Waals surface area contributed by atoms with Crippen molar-refractivity contribution < 1.29 is 5.11 Å². The van der Waals surface area contributed by atoms with Crippen LogP contribution in [0.25, 0.3) is 0 Å². The number of hydrogen-bond donors (Lipinski definition) is 1. The van der Waals surface area contributed by atoms with Crippen molar-refractivity contribution in [3.05, 3.63) is 48.8 Å². The van der Waals surface area contributed by atoms with Crippen LogP contribution in [0.2, 0.25) is 0 Å². The van der Waals surface area contributed by atoms with Gasteiger partial charge in [-0.3, -0.25) is 4.98 Å². The van der Waals surface area contributed by atoms with Gasteiger partial charge in [-0.05, 0) is 31.2 Å². The monoisotopic (exact) mass is 269 g/mol. The van der Waals surface area contributed by atoms with Gasteiger partial charge in [0.15, 0.2) is 0 Å². The summed E-state index contributed by atoms with van der Waals surface area (Å²) in [5, 5.41) is 10.00. The van der Waals surface area contributed by atoms with Gasteiger partial charge in [0.1, 0.15) is 5.75 Å². The molecule has 0 saturated carbocycles. The molecule has 0 amide bonds. The molecular formula is C16H19N3O. The zero-order chi connectivity index (χ0) is 13.9. The maximum atomic E-state index is 10.00. The largest absolute Gasteiger partial charge is 0.506 e. The maximum absolute atomic E-state index is 10.00. The Balaban J connectivity index is 1.76. The molecule has 4 nitrogen and oxygen atoms in total. The van der Waals surface area contributed by atoms with Crippen LogP contribution in [-0.2, 0) is 0 Å². The molecule has 1 aromatic carbocycles. The Morgan fingerprint density at radius 1 is 1.10 bits per heavy atom. The van der Waals surface area contributed by atoms with Crippen LogP contribution in [0.3, 0.4) is 0 Å². The Labute approximate surface area is 119 Å². The van der Waals surface area contributed by atoms with Crippen LogP contribution in [0.15, 0.2) is 48.8 Å². The molecule has 4 heteroatoms. The second-order valence-electron chi connectivity index (χ2n) is 5.18. The van der Waals surface area contributed by atoms with Crippen LogP contribution in [0.4, 0.5) is 11.4 Å². The summed E-state index contributed by atoms with van der Waals surface area (Å²) in [5.74, 6) is 0.358. The van der Waals surface area contributed by atoms with Crippen molar-refractivity contribution in [1.82, 2.24) is 4.98 Å². The fourth-order valence-corrected chi connectivity index (χ4v) is 2.81. The number of nitrogens with zero attached hydrogens (tertiary/aromatic N) is 3. The molecule has 1 N–H and O–H groups in total. The Morgan fingerprint density at radius 2 is 1.85 bits per heavy atom. The van der Waals surface area contributed by atoms with Crippen LogP contribution in [-0.4, -0.2) is 35.8 Å². The number of para-hydroxylation sites is 2. The fourth-order valence-electron chi connectivity index (χ4n) is 2.81. The van der Waals surface area contributed by atoms with Crippen LogP contribution in [0.5, 0.6) is 5.75 Å². The van der Waals surface area contributed by atoms with E-state index in [4.69, 9.17) is 0 Å². The molecule has 1 unspecified atom stereocenters. The molecule has 1 fully saturated rings. The van der Waals surface area contributed by atoms with E-state index in [1.54, 1.807) is 6.07 Å². The molecule has 1 aliphatic heterocycles. The molecule has 104 valence electrons. The van der Waals surface area contributed by atoms with E-state index < -0.39 is 0 Å². The maximum Gasteiger partial charge on any atom is 0.138 e. The highest BCUT2D eigenvalue weighted by Crippen LogP contribution is 2.30. The lowest BCUT2D eigenvalue weighted by Crippen LogP contribution is -2.52. The van der Waals surface area contributed by atoms with Crippen LogP contribution in [0.1, 0.15) is 6.92 Å². The lowest BCUT2D eigenvalue weighted by atomic mass is 10.1. The van der Waals surface area contributed by atoms with Crippen molar-refractivity contribution in [1.29, 1.82) is 0 Å². The van der Waals surface area contributed by atoms with E-state index in [1.807, 2.05) is 42.7 Å². The number of aromatic nitrogens is 1. The van der Waals surface area contributed by atoms with Gasteiger partial charge in [-0.1, -0.05) is 12.1 Å². The number of phenolic OH excluding ortho intramolecular Hbond substituents is 1. The summed E-state index contributed by atoms with van der Waals surface area (Å²) < 4.78 is 0. The molecule has 1 aromatic heterocycles. The number of piperazine rings is 1. The first-order valence-electron chi connectivity index (χ1n) is 6.95. The first-order chi connectivity index (χ1) is 9.75. The zero-order valence-electron chi connectivity index (χ0n) is 11.6. The standard InChI is InChI=1S/C16H19N3O/c1-13-12-18(14-6-8-17-9-7-14)10-11-19(13)15-4-2-3-5-16(15)20/h2-9,13,20H,10-12H2,1H3. The molecule has 0 spiro atoms. The molecule has 1 atom stereocenters. The van der Waals surface area contributed by atoms with E-state index in [-0.39, 0.29) is 0 Å². The highest BCUT2D eigenvalue weighted by molar-refractivity contribution is 5.60. The lowest BCUT2D eigenvalue weighted by Gasteiger charge is -2.42. The summed E-state index contributed by atoms with van der Waals surface area (Å²) in [6, 6.07) is 12.0. The number of anilines is 2. The number of benzene rings is 1. The number of rotatable bonds is 2. The van der Waals surface area contributed by atoms with E-state index >= 15 is 0 Å². The fraction of sp³-hybridized carbons (Fsp3) is 0.312. The normalized spacial score (nSPS) is 19.1. The molecular weight excluding hydrogens is 250 g/mol. The van der Waals surface area contributed by atoms with Gasteiger partial charge in [0, 0.05) is 43.8 Å². The minimum atomic E-state index is 0.352. The highest BCUT2D eigenvalue weighted by atomic mass is 16.3. The third-order valence-corrected chi connectivity index (χ3v) is 3.85. The lowest BCUT2D eigenvalue weighted by molar-refractivity contribution is 0.466. The van der Waals surface area contributed by atoms with E-state index in [1.165, 1.54) is 5.69 Å². The molecule has 3 rings (SSSR count). The van der Waals surface area contributed by atoms with Crippen molar-refractivity contribution in [2.75, 3.05) is 29.4 Å². The summed E-state index contributed by atoms with van der Waals surface area (Å²) in [6.07, 6.45) is 3.66. The molecule has 0 bridgehead atoms. The second-order valence-corrected chi connectivity index (χ2v) is 5.18. The first-order valence-corrected chi connectivity index (χ1v) is 6.95. The SMILES string of the molecule is CC1CN(c2ccncc2)CCN1c1ccccc1O. The van der Waals surface area contributed by atoms with Crippen molar-refractivity contribution in [3.8, 4) is 5.75 Å². The van der Waals surface area contributed by atoms with Crippen LogP contribution >= 0.6 is 0 Å². The predicted octanol–water partition coefficient (Wildman–Crippen LogP) is 2.50. The van der Waals surface area contributed by atoms with Gasteiger partial charge >= 0.3 is 0 Å². The van der Waals surface area contributed by atoms with Crippen LogP contribution < -0.4 is 9.80 Å².